The van der Waals surface area contributed by atoms with Crippen LogP contribution in [0.25, 0.3) is 0 Å². The number of ether oxygens (including phenoxy) is 1. The van der Waals surface area contributed by atoms with E-state index in [1.807, 2.05) is 20.8 Å². The fourth-order valence-corrected chi connectivity index (χ4v) is 2.08. The Balaban J connectivity index is 2.76. The lowest BCUT2D eigenvalue weighted by atomic mass is 9.95. The molecule has 0 aromatic carbocycles. The minimum atomic E-state index is -0.953. The SMILES string of the molecule is CC(C)C(C)C(=O)N(CC(=O)O)C1CCOCC1. The summed E-state index contributed by atoms with van der Waals surface area (Å²) in [5.41, 5.74) is 0. The molecule has 0 spiro atoms. The van der Waals surface area contributed by atoms with E-state index in [1.165, 1.54) is 4.90 Å². The lowest BCUT2D eigenvalue weighted by molar-refractivity contribution is -0.150. The third kappa shape index (κ3) is 3.98. The number of amides is 1. The molecule has 0 aliphatic carbocycles. The Hall–Kier alpha value is -1.10. The lowest BCUT2D eigenvalue weighted by Crippen LogP contribution is -2.48. The average molecular weight is 257 g/mol. The quantitative estimate of drug-likeness (QED) is 0.807. The summed E-state index contributed by atoms with van der Waals surface area (Å²) in [7, 11) is 0. The van der Waals surface area contributed by atoms with Crippen molar-refractivity contribution in [1.82, 2.24) is 4.90 Å². The molecule has 1 unspecified atom stereocenters. The van der Waals surface area contributed by atoms with Crippen molar-refractivity contribution >= 4 is 11.9 Å². The van der Waals surface area contributed by atoms with E-state index in [0.717, 1.165) is 12.8 Å². The fraction of sp³-hybridized carbons (Fsp3) is 0.846. The fourth-order valence-electron chi connectivity index (χ4n) is 2.08. The summed E-state index contributed by atoms with van der Waals surface area (Å²) in [6, 6.07) is 0.00329. The van der Waals surface area contributed by atoms with Gasteiger partial charge >= 0.3 is 5.97 Å². The third-order valence-corrected chi connectivity index (χ3v) is 3.61. The topological polar surface area (TPSA) is 66.8 Å². The van der Waals surface area contributed by atoms with E-state index in [-0.39, 0.29) is 30.3 Å². The van der Waals surface area contributed by atoms with Crippen molar-refractivity contribution in [1.29, 1.82) is 0 Å². The van der Waals surface area contributed by atoms with Crippen LogP contribution in [0.2, 0.25) is 0 Å². The zero-order valence-electron chi connectivity index (χ0n) is 11.4. The Morgan fingerprint density at radius 2 is 1.83 bits per heavy atom. The highest BCUT2D eigenvalue weighted by atomic mass is 16.5. The van der Waals surface area contributed by atoms with E-state index in [9.17, 15) is 9.59 Å². The third-order valence-electron chi connectivity index (χ3n) is 3.61. The summed E-state index contributed by atoms with van der Waals surface area (Å²) < 4.78 is 5.26. The van der Waals surface area contributed by atoms with Gasteiger partial charge in [-0.05, 0) is 18.8 Å². The Kier molecular flexibility index (Phi) is 5.59. The van der Waals surface area contributed by atoms with Crippen molar-refractivity contribution in [3.63, 3.8) is 0 Å². The van der Waals surface area contributed by atoms with Crippen LogP contribution in [0.5, 0.6) is 0 Å². The summed E-state index contributed by atoms with van der Waals surface area (Å²) in [5.74, 6) is -0.939. The molecule has 1 heterocycles. The number of carboxylic acid groups (broad SMARTS) is 1. The molecular weight excluding hydrogens is 234 g/mol. The molecule has 0 radical (unpaired) electrons. The van der Waals surface area contributed by atoms with Gasteiger partial charge in [0.25, 0.3) is 0 Å². The Morgan fingerprint density at radius 3 is 2.28 bits per heavy atom. The van der Waals surface area contributed by atoms with Crippen LogP contribution < -0.4 is 0 Å². The van der Waals surface area contributed by atoms with Crippen LogP contribution in [0.4, 0.5) is 0 Å². The predicted molar refractivity (Wildman–Crippen MR) is 67.2 cm³/mol. The summed E-state index contributed by atoms with van der Waals surface area (Å²) >= 11 is 0. The zero-order valence-corrected chi connectivity index (χ0v) is 11.4. The summed E-state index contributed by atoms with van der Waals surface area (Å²) in [4.78, 5) is 24.8. The minimum Gasteiger partial charge on any atom is -0.480 e. The monoisotopic (exact) mass is 257 g/mol. The highest BCUT2D eigenvalue weighted by Crippen LogP contribution is 2.20. The van der Waals surface area contributed by atoms with Gasteiger partial charge in [-0.15, -0.1) is 0 Å². The molecule has 1 aliphatic heterocycles. The maximum absolute atomic E-state index is 12.3. The largest absolute Gasteiger partial charge is 0.480 e. The number of carbonyl (C=O) groups is 2. The van der Waals surface area contributed by atoms with Crippen LogP contribution in [0.15, 0.2) is 0 Å². The van der Waals surface area contributed by atoms with Gasteiger partial charge in [0.1, 0.15) is 6.54 Å². The van der Waals surface area contributed by atoms with Gasteiger partial charge in [-0.3, -0.25) is 9.59 Å². The molecule has 0 bridgehead atoms. The average Bonchev–Trinajstić information content (AvgIpc) is 2.35. The standard InChI is InChI=1S/C13H23NO4/c1-9(2)10(3)13(17)14(8-12(15)16)11-4-6-18-7-5-11/h9-11H,4-8H2,1-3H3,(H,15,16). The van der Waals surface area contributed by atoms with Crippen molar-refractivity contribution in [2.24, 2.45) is 11.8 Å². The number of hydrogen-bond acceptors (Lipinski definition) is 3. The Morgan fingerprint density at radius 1 is 1.28 bits per heavy atom. The second kappa shape index (κ2) is 6.73. The number of rotatable bonds is 5. The van der Waals surface area contributed by atoms with E-state index in [4.69, 9.17) is 9.84 Å². The lowest BCUT2D eigenvalue weighted by Gasteiger charge is -2.35. The number of hydrogen-bond donors (Lipinski definition) is 1. The van der Waals surface area contributed by atoms with Crippen LogP contribution in [0, 0.1) is 11.8 Å². The summed E-state index contributed by atoms with van der Waals surface area (Å²) in [5, 5.41) is 8.96. The maximum Gasteiger partial charge on any atom is 0.323 e. The van der Waals surface area contributed by atoms with Crippen LogP contribution in [-0.4, -0.2) is 47.7 Å². The highest BCUT2D eigenvalue weighted by molar-refractivity contribution is 5.83. The van der Waals surface area contributed by atoms with E-state index >= 15 is 0 Å². The Bertz CT molecular complexity index is 297. The van der Waals surface area contributed by atoms with E-state index < -0.39 is 5.97 Å². The molecule has 1 saturated heterocycles. The minimum absolute atomic E-state index is 0.00329. The van der Waals surface area contributed by atoms with Crippen LogP contribution in [0.1, 0.15) is 33.6 Å². The maximum atomic E-state index is 12.3. The number of nitrogens with zero attached hydrogens (tertiary/aromatic N) is 1. The van der Waals surface area contributed by atoms with Crippen molar-refractivity contribution in [2.75, 3.05) is 19.8 Å². The molecule has 1 N–H and O–H groups in total. The van der Waals surface area contributed by atoms with Gasteiger partial charge in [0.15, 0.2) is 0 Å². The smallest absolute Gasteiger partial charge is 0.323 e. The molecule has 1 rings (SSSR count). The van der Waals surface area contributed by atoms with Crippen molar-refractivity contribution in [2.45, 2.75) is 39.7 Å². The molecule has 5 heteroatoms. The zero-order chi connectivity index (χ0) is 13.7. The molecular formula is C13H23NO4. The van der Waals surface area contributed by atoms with Crippen molar-refractivity contribution < 1.29 is 19.4 Å². The van der Waals surface area contributed by atoms with E-state index in [1.54, 1.807) is 0 Å². The molecule has 0 aromatic heterocycles. The van der Waals surface area contributed by atoms with Gasteiger partial charge in [-0.2, -0.15) is 0 Å². The first-order chi connectivity index (χ1) is 8.43. The van der Waals surface area contributed by atoms with Crippen molar-refractivity contribution in [3.8, 4) is 0 Å². The van der Waals surface area contributed by atoms with Crippen LogP contribution >= 0.6 is 0 Å². The van der Waals surface area contributed by atoms with Gasteiger partial charge in [0.2, 0.25) is 5.91 Å². The number of carbonyl (C=O) groups excluding carboxylic acids is 1. The molecule has 104 valence electrons. The molecule has 1 aliphatic rings. The van der Waals surface area contributed by atoms with Gasteiger partial charge in [-0.25, -0.2) is 0 Å². The second-order valence-corrected chi connectivity index (χ2v) is 5.24. The summed E-state index contributed by atoms with van der Waals surface area (Å²) in [6.45, 7) is 6.81. The van der Waals surface area contributed by atoms with Gasteiger partial charge in [0.05, 0.1) is 0 Å². The molecule has 1 atom stereocenters. The van der Waals surface area contributed by atoms with Gasteiger partial charge < -0.3 is 14.7 Å². The predicted octanol–water partition coefficient (Wildman–Crippen LogP) is 1.37. The molecule has 5 nitrogen and oxygen atoms in total. The first kappa shape index (κ1) is 15.0. The van der Waals surface area contributed by atoms with E-state index in [0.29, 0.717) is 13.2 Å². The molecule has 1 fully saturated rings. The normalized spacial score (nSPS) is 18.7. The first-order valence-electron chi connectivity index (χ1n) is 6.53. The highest BCUT2D eigenvalue weighted by Gasteiger charge is 2.31. The number of aliphatic carboxylic acids is 1. The first-order valence-corrected chi connectivity index (χ1v) is 6.53. The van der Waals surface area contributed by atoms with Crippen LogP contribution in [0.3, 0.4) is 0 Å². The number of carboxylic acids is 1. The van der Waals surface area contributed by atoms with Crippen LogP contribution in [-0.2, 0) is 14.3 Å². The molecule has 0 aromatic rings. The molecule has 18 heavy (non-hydrogen) atoms. The summed E-state index contributed by atoms with van der Waals surface area (Å²) in [6.07, 6.45) is 1.45. The van der Waals surface area contributed by atoms with Gasteiger partial charge in [-0.1, -0.05) is 20.8 Å². The van der Waals surface area contributed by atoms with E-state index in [2.05, 4.69) is 0 Å². The Labute approximate surface area is 108 Å². The van der Waals surface area contributed by atoms with Crippen molar-refractivity contribution in [3.05, 3.63) is 0 Å². The molecule has 0 saturated carbocycles. The molecule has 1 amide bonds. The van der Waals surface area contributed by atoms with Gasteiger partial charge in [0, 0.05) is 25.2 Å². The second-order valence-electron chi connectivity index (χ2n) is 5.24.